The molecular formula is C21H24N4O. The van der Waals surface area contributed by atoms with E-state index in [1.54, 1.807) is 0 Å². The molecule has 0 aliphatic heterocycles. The molecule has 5 heteroatoms. The van der Waals surface area contributed by atoms with Crippen molar-refractivity contribution in [2.45, 2.75) is 19.8 Å². The number of carbonyl (C=O) groups excluding carboxylic acids is 1. The average molecular weight is 348 g/mol. The number of nitrogens with zero attached hydrogens (tertiary/aromatic N) is 2. The van der Waals surface area contributed by atoms with E-state index in [2.05, 4.69) is 24.5 Å². The molecule has 0 aliphatic carbocycles. The predicted octanol–water partition coefficient (Wildman–Crippen LogP) is 4.33. The summed E-state index contributed by atoms with van der Waals surface area (Å²) in [4.78, 5) is 14.3. The van der Waals surface area contributed by atoms with Crippen LogP contribution in [0.15, 0.2) is 60.3 Å². The number of hydrogen-bond acceptors (Lipinski definition) is 4. The molecule has 2 N–H and O–H groups in total. The number of nitriles is 1. The van der Waals surface area contributed by atoms with Crippen molar-refractivity contribution >= 4 is 23.0 Å². The van der Waals surface area contributed by atoms with Gasteiger partial charge in [0.15, 0.2) is 0 Å². The highest BCUT2D eigenvalue weighted by Gasteiger charge is 2.09. The van der Waals surface area contributed by atoms with E-state index < -0.39 is 5.91 Å². The molecule has 5 nitrogen and oxygen atoms in total. The van der Waals surface area contributed by atoms with Crippen molar-refractivity contribution in [2.75, 3.05) is 29.6 Å². The fraction of sp³-hybridized carbons (Fsp3) is 0.238. The van der Waals surface area contributed by atoms with Crippen molar-refractivity contribution in [3.8, 4) is 6.07 Å². The maximum absolute atomic E-state index is 12.3. The average Bonchev–Trinajstić information content (AvgIpc) is 2.63. The third kappa shape index (κ3) is 5.12. The monoisotopic (exact) mass is 348 g/mol. The van der Waals surface area contributed by atoms with Gasteiger partial charge in [0.2, 0.25) is 0 Å². The number of benzene rings is 2. The van der Waals surface area contributed by atoms with Gasteiger partial charge in [-0.2, -0.15) is 5.26 Å². The van der Waals surface area contributed by atoms with Crippen LogP contribution in [0.2, 0.25) is 0 Å². The van der Waals surface area contributed by atoms with E-state index in [0.29, 0.717) is 11.6 Å². The normalized spacial score (nSPS) is 11.0. The third-order valence-corrected chi connectivity index (χ3v) is 3.97. The fourth-order valence-electron chi connectivity index (χ4n) is 2.31. The zero-order chi connectivity index (χ0) is 19.1. The van der Waals surface area contributed by atoms with E-state index >= 15 is 0 Å². The standard InChI is InChI=1S/C21H24N4O/c1-15(2)16-5-7-19(8-6-16)24-21(26)17(13-22)14-23-18-9-11-20(12-10-18)25(3)4/h5-12,14-15,23H,1-4H3,(H,24,26)/b17-14-. The second-order valence-electron chi connectivity index (χ2n) is 6.49. The molecule has 2 rings (SSSR count). The molecule has 0 heterocycles. The van der Waals surface area contributed by atoms with Gasteiger partial charge in [0.05, 0.1) is 0 Å². The maximum atomic E-state index is 12.3. The summed E-state index contributed by atoms with van der Waals surface area (Å²) in [5.41, 5.74) is 3.74. The first kappa shape index (κ1) is 19.1. The third-order valence-electron chi connectivity index (χ3n) is 3.97. The molecule has 26 heavy (non-hydrogen) atoms. The van der Waals surface area contributed by atoms with Crippen LogP contribution in [0.5, 0.6) is 0 Å². The van der Waals surface area contributed by atoms with Gasteiger partial charge in [-0.1, -0.05) is 26.0 Å². The lowest BCUT2D eigenvalue weighted by Gasteiger charge is -2.12. The van der Waals surface area contributed by atoms with Crippen LogP contribution in [0, 0.1) is 11.3 Å². The summed E-state index contributed by atoms with van der Waals surface area (Å²) in [6, 6.07) is 17.3. The highest BCUT2D eigenvalue weighted by atomic mass is 16.1. The zero-order valence-electron chi connectivity index (χ0n) is 15.6. The van der Waals surface area contributed by atoms with Crippen molar-refractivity contribution < 1.29 is 4.79 Å². The largest absolute Gasteiger partial charge is 0.378 e. The number of rotatable bonds is 6. The molecule has 0 saturated heterocycles. The minimum absolute atomic E-state index is 0.00891. The van der Waals surface area contributed by atoms with E-state index in [1.165, 1.54) is 11.8 Å². The second kappa shape index (κ2) is 8.72. The highest BCUT2D eigenvalue weighted by molar-refractivity contribution is 6.06. The van der Waals surface area contributed by atoms with Gasteiger partial charge in [0, 0.05) is 37.4 Å². The first-order valence-electron chi connectivity index (χ1n) is 8.46. The summed E-state index contributed by atoms with van der Waals surface area (Å²) in [7, 11) is 3.93. The summed E-state index contributed by atoms with van der Waals surface area (Å²) in [6.07, 6.45) is 1.42. The summed E-state index contributed by atoms with van der Waals surface area (Å²) < 4.78 is 0. The summed E-state index contributed by atoms with van der Waals surface area (Å²) in [5, 5.41) is 15.0. The van der Waals surface area contributed by atoms with Gasteiger partial charge < -0.3 is 15.5 Å². The quantitative estimate of drug-likeness (QED) is 0.602. The van der Waals surface area contributed by atoms with E-state index in [9.17, 15) is 10.1 Å². The topological polar surface area (TPSA) is 68.2 Å². The molecule has 2 aromatic rings. The lowest BCUT2D eigenvalue weighted by Crippen LogP contribution is -2.14. The molecule has 0 radical (unpaired) electrons. The summed E-state index contributed by atoms with van der Waals surface area (Å²) in [5.74, 6) is -0.0143. The Kier molecular flexibility index (Phi) is 6.40. The Labute approximate surface area is 154 Å². The summed E-state index contributed by atoms with van der Waals surface area (Å²) >= 11 is 0. The Morgan fingerprint density at radius 3 is 2.12 bits per heavy atom. The molecule has 1 amide bonds. The van der Waals surface area contributed by atoms with Gasteiger partial charge in [-0.15, -0.1) is 0 Å². The van der Waals surface area contributed by atoms with Gasteiger partial charge in [-0.3, -0.25) is 4.79 Å². The van der Waals surface area contributed by atoms with Crippen molar-refractivity contribution in [1.29, 1.82) is 5.26 Å². The molecule has 0 spiro atoms. The van der Waals surface area contributed by atoms with Crippen molar-refractivity contribution in [2.24, 2.45) is 0 Å². The van der Waals surface area contributed by atoms with Crippen LogP contribution in [0.3, 0.4) is 0 Å². The smallest absolute Gasteiger partial charge is 0.267 e. The van der Waals surface area contributed by atoms with Crippen LogP contribution < -0.4 is 15.5 Å². The van der Waals surface area contributed by atoms with Gasteiger partial charge in [-0.25, -0.2) is 0 Å². The number of nitrogens with one attached hydrogen (secondary N) is 2. The Morgan fingerprint density at radius 1 is 1.04 bits per heavy atom. The molecule has 0 bridgehead atoms. The minimum Gasteiger partial charge on any atom is -0.378 e. The number of carbonyl (C=O) groups is 1. The van der Waals surface area contributed by atoms with Crippen LogP contribution in [-0.2, 0) is 4.79 Å². The minimum atomic E-state index is -0.442. The predicted molar refractivity (Wildman–Crippen MR) is 107 cm³/mol. The van der Waals surface area contributed by atoms with Crippen LogP contribution in [0.4, 0.5) is 17.1 Å². The molecule has 0 aromatic heterocycles. The van der Waals surface area contributed by atoms with Crippen molar-refractivity contribution in [3.63, 3.8) is 0 Å². The molecule has 2 aromatic carbocycles. The lowest BCUT2D eigenvalue weighted by molar-refractivity contribution is -0.112. The van der Waals surface area contributed by atoms with E-state index in [1.807, 2.05) is 73.6 Å². The Bertz CT molecular complexity index is 813. The fourth-order valence-corrected chi connectivity index (χ4v) is 2.31. The van der Waals surface area contributed by atoms with Crippen LogP contribution in [0.1, 0.15) is 25.3 Å². The molecule has 0 unspecified atom stereocenters. The highest BCUT2D eigenvalue weighted by Crippen LogP contribution is 2.18. The van der Waals surface area contributed by atoms with Gasteiger partial charge in [0.1, 0.15) is 11.6 Å². The number of amides is 1. The summed E-state index contributed by atoms with van der Waals surface area (Å²) in [6.45, 7) is 4.22. The molecule has 0 atom stereocenters. The van der Waals surface area contributed by atoms with Gasteiger partial charge in [0.25, 0.3) is 5.91 Å². The SMILES string of the molecule is CC(C)c1ccc(NC(=O)/C(C#N)=C\Nc2ccc(N(C)C)cc2)cc1. The molecular weight excluding hydrogens is 324 g/mol. The van der Waals surface area contributed by atoms with Crippen molar-refractivity contribution in [1.82, 2.24) is 0 Å². The van der Waals surface area contributed by atoms with E-state index in [-0.39, 0.29) is 5.57 Å². The van der Waals surface area contributed by atoms with Crippen LogP contribution in [-0.4, -0.2) is 20.0 Å². The molecule has 0 saturated carbocycles. The Balaban J connectivity index is 2.03. The number of hydrogen-bond donors (Lipinski definition) is 2. The van der Waals surface area contributed by atoms with Gasteiger partial charge >= 0.3 is 0 Å². The van der Waals surface area contributed by atoms with Crippen LogP contribution >= 0.6 is 0 Å². The maximum Gasteiger partial charge on any atom is 0.267 e. The second-order valence-corrected chi connectivity index (χ2v) is 6.49. The lowest BCUT2D eigenvalue weighted by atomic mass is 10.0. The van der Waals surface area contributed by atoms with E-state index in [4.69, 9.17) is 0 Å². The Morgan fingerprint density at radius 2 is 1.62 bits per heavy atom. The zero-order valence-corrected chi connectivity index (χ0v) is 15.6. The molecule has 0 aliphatic rings. The van der Waals surface area contributed by atoms with Crippen LogP contribution in [0.25, 0.3) is 0 Å². The number of anilines is 3. The molecule has 134 valence electrons. The first-order valence-corrected chi connectivity index (χ1v) is 8.46. The van der Waals surface area contributed by atoms with Crippen molar-refractivity contribution in [3.05, 3.63) is 65.9 Å². The molecule has 0 fully saturated rings. The first-order chi connectivity index (χ1) is 12.4. The van der Waals surface area contributed by atoms with E-state index in [0.717, 1.165) is 11.4 Å². The van der Waals surface area contributed by atoms with Gasteiger partial charge in [-0.05, 0) is 47.9 Å². The Hall–Kier alpha value is -3.26.